The predicted molar refractivity (Wildman–Crippen MR) is 16.4 cm³/mol. The van der Waals surface area contributed by atoms with Crippen LogP contribution in [0, 0.1) is 0 Å². The Balaban J connectivity index is -0.00000000500. The van der Waals surface area contributed by atoms with Crippen LogP contribution in [0.4, 0.5) is 0 Å². The molecule has 0 aromatic rings. The van der Waals surface area contributed by atoms with Gasteiger partial charge in [0.15, 0.2) is 0 Å². The summed E-state index contributed by atoms with van der Waals surface area (Å²) in [5, 5.41) is 0. The van der Waals surface area contributed by atoms with Crippen molar-refractivity contribution in [1.82, 2.24) is 0 Å². The van der Waals surface area contributed by atoms with Crippen LogP contribution in [0.5, 0.6) is 0 Å². The summed E-state index contributed by atoms with van der Waals surface area (Å²) < 4.78 is 8.36. The molecule has 0 saturated heterocycles. The first-order valence-electron chi connectivity index (χ1n) is 0.183. The monoisotopic (exact) mass is 247 g/mol. The molecule has 0 N–H and O–H groups in total. The van der Waals surface area contributed by atoms with Gasteiger partial charge in [0.05, 0.1) is 0 Å². The molecule has 0 spiro atoms. The topological polar surface area (TPSA) is 17.1 Å². The van der Waals surface area contributed by atoms with Crippen molar-refractivity contribution in [3.8, 4) is 0 Å². The van der Waals surface area contributed by atoms with E-state index >= 15 is 0 Å². The molecule has 0 fully saturated rings. The van der Waals surface area contributed by atoms with Gasteiger partial charge in [0.2, 0.25) is 0 Å². The number of hydrogen-bond acceptors (Lipinski definition) is 1. The summed E-state index contributed by atoms with van der Waals surface area (Å²) in [6.07, 6.45) is 0. The molecule has 0 unspecified atom stereocenters. The van der Waals surface area contributed by atoms with Crippen molar-refractivity contribution in [2.24, 2.45) is 0 Å². The minimum absolute atomic E-state index is 0. The van der Waals surface area contributed by atoms with Gasteiger partial charge in [0.25, 0.3) is 0 Å². The van der Waals surface area contributed by atoms with E-state index < -0.39 is 0 Å². The van der Waals surface area contributed by atoms with E-state index in [4.69, 9.17) is 3.25 Å². The first-order chi connectivity index (χ1) is 1.00. The van der Waals surface area contributed by atoms with E-state index in [0.717, 1.165) is 0 Å². The van der Waals surface area contributed by atoms with Crippen molar-refractivity contribution in [2.75, 3.05) is 0 Å². The quantitative estimate of drug-likeness (QED) is 0.467. The molecule has 0 aliphatic carbocycles. The van der Waals surface area contributed by atoms with Crippen LogP contribution in [0.15, 0.2) is 0 Å². The molecule has 4 heavy (non-hydrogen) atoms. The third-order valence-corrected chi connectivity index (χ3v) is 0. The summed E-state index contributed by atoms with van der Waals surface area (Å²) in [6.45, 7) is 0. The maximum absolute atomic E-state index is 8.36. The Morgan fingerprint density at radius 2 is 1.25 bits per heavy atom. The molecule has 0 rings (SSSR count). The summed E-state index contributed by atoms with van der Waals surface area (Å²) in [5.74, 6) is 0. The Kier molecular flexibility index (Phi) is 73.3. The molecule has 0 aliphatic rings. The number of hydrogen-bond donors (Lipinski definition) is 0. The van der Waals surface area contributed by atoms with Crippen LogP contribution in [0.3, 0.4) is 0 Å². The second-order valence-electron chi connectivity index (χ2n) is 0. The van der Waals surface area contributed by atoms with E-state index in [1.54, 1.807) is 0 Å². The Morgan fingerprint density at radius 3 is 1.25 bits per heavy atom. The summed E-state index contributed by atoms with van der Waals surface area (Å²) in [5.41, 5.74) is 0. The fourth-order valence-corrected chi connectivity index (χ4v) is 0. The van der Waals surface area contributed by atoms with E-state index in [2.05, 4.69) is 0 Å². The summed E-state index contributed by atoms with van der Waals surface area (Å²) >= 11 is 0.194. The van der Waals surface area contributed by atoms with Crippen molar-refractivity contribution in [1.29, 1.82) is 0 Å². The van der Waals surface area contributed by atoms with Gasteiger partial charge in [0.1, 0.15) is 0 Å². The van der Waals surface area contributed by atoms with Crippen molar-refractivity contribution in [2.45, 2.75) is 0 Å². The SMILES string of the molecule is [CaH2].[LiH].[O]=[Ta]. The Bertz CT molecular complexity index is 8.00. The second-order valence-corrected chi connectivity index (χ2v) is 0. The second kappa shape index (κ2) is 18.2. The molecular weight excluding hydrogens is 244 g/mol. The zero-order valence-corrected chi connectivity index (χ0v) is 4.07. The minimum atomic E-state index is 0. The van der Waals surface area contributed by atoms with Gasteiger partial charge in [-0.25, -0.2) is 0 Å². The normalized spacial score (nSPS) is 0.750. The van der Waals surface area contributed by atoms with Gasteiger partial charge in [-0.3, -0.25) is 0 Å². The average molecular weight is 247 g/mol. The zero-order valence-electron chi connectivity index (χ0n) is 0.855. The molecule has 0 saturated carbocycles. The molecule has 0 bridgehead atoms. The summed E-state index contributed by atoms with van der Waals surface area (Å²) in [7, 11) is 0. The van der Waals surface area contributed by atoms with Crippen molar-refractivity contribution < 1.29 is 24.3 Å². The molecule has 0 atom stereocenters. The third-order valence-electron chi connectivity index (χ3n) is 0. The van der Waals surface area contributed by atoms with Crippen LogP contribution in [0.2, 0.25) is 0 Å². The molecule has 17 valence electrons. The van der Waals surface area contributed by atoms with Crippen LogP contribution in [-0.4, -0.2) is 56.6 Å². The van der Waals surface area contributed by atoms with Gasteiger partial charge in [-0.15, -0.1) is 0 Å². The van der Waals surface area contributed by atoms with Crippen LogP contribution >= 0.6 is 0 Å². The first kappa shape index (κ1) is 16.1. The fourth-order valence-electron chi connectivity index (χ4n) is 0. The van der Waals surface area contributed by atoms with E-state index in [1.165, 1.54) is 0 Å². The van der Waals surface area contributed by atoms with Gasteiger partial charge < -0.3 is 0 Å². The van der Waals surface area contributed by atoms with Crippen molar-refractivity contribution >= 4 is 56.6 Å². The van der Waals surface area contributed by atoms with E-state index in [1.807, 2.05) is 0 Å². The zero-order chi connectivity index (χ0) is 2.00. The molecule has 0 heterocycles. The van der Waals surface area contributed by atoms with Gasteiger partial charge in [0, 0.05) is 0 Å². The van der Waals surface area contributed by atoms with E-state index in [9.17, 15) is 0 Å². The Labute approximate surface area is 79.3 Å². The van der Waals surface area contributed by atoms with Crippen LogP contribution < -0.4 is 0 Å². The molecule has 0 aliphatic heterocycles. The van der Waals surface area contributed by atoms with Crippen LogP contribution in [0.25, 0.3) is 0 Å². The molecule has 4 heteroatoms. The van der Waals surface area contributed by atoms with Crippen LogP contribution in [-0.2, 0) is 24.3 Å². The van der Waals surface area contributed by atoms with Gasteiger partial charge in [-0.05, 0) is 0 Å². The average Bonchev–Trinajstić information content (AvgIpc) is 1.00. The van der Waals surface area contributed by atoms with Crippen molar-refractivity contribution in [3.63, 3.8) is 0 Å². The van der Waals surface area contributed by atoms with E-state index in [0.29, 0.717) is 0 Å². The van der Waals surface area contributed by atoms with Gasteiger partial charge in [-0.1, -0.05) is 0 Å². The fraction of sp³-hybridized carbons (Fsp3) is 0. The van der Waals surface area contributed by atoms with Crippen LogP contribution in [0.1, 0.15) is 0 Å². The molecule has 0 amide bonds. The predicted octanol–water partition coefficient (Wildman–Crippen LogP) is -1.69. The summed E-state index contributed by atoms with van der Waals surface area (Å²) in [6, 6.07) is 0. The Hall–Kier alpha value is 2.40. The standard InChI is InChI=1S/Ca.Li.O.Ta.3H. The van der Waals surface area contributed by atoms with Gasteiger partial charge in [-0.2, -0.15) is 0 Å². The molecule has 0 aromatic carbocycles. The first-order valence-corrected chi connectivity index (χ1v) is 1.49. The van der Waals surface area contributed by atoms with Gasteiger partial charge >= 0.3 is 80.9 Å². The van der Waals surface area contributed by atoms with E-state index in [-0.39, 0.29) is 77.6 Å². The Morgan fingerprint density at radius 1 is 1.25 bits per heavy atom. The molecule has 0 aromatic heterocycles. The molecule has 0 radical (unpaired) electrons. The summed E-state index contributed by atoms with van der Waals surface area (Å²) in [4.78, 5) is 0. The number of rotatable bonds is 0. The van der Waals surface area contributed by atoms with Crippen molar-refractivity contribution in [3.05, 3.63) is 0 Å². The maximum atomic E-state index is 8.36. The third kappa shape index (κ3) is 8.83. The molecule has 1 nitrogen and oxygen atoms in total. The molecular formula is H3CaLiOTa.